The highest BCUT2D eigenvalue weighted by atomic mass is 16.4. The van der Waals surface area contributed by atoms with Gasteiger partial charge in [-0.15, -0.1) is 0 Å². The maximum absolute atomic E-state index is 12.2. The summed E-state index contributed by atoms with van der Waals surface area (Å²) >= 11 is 0. The first-order chi connectivity index (χ1) is 10.2. The van der Waals surface area contributed by atoms with Crippen molar-refractivity contribution in [2.45, 2.75) is 19.8 Å². The van der Waals surface area contributed by atoms with Crippen LogP contribution in [-0.2, 0) is 0 Å². The smallest absolute Gasteiger partial charge is 0.407 e. The molecular formula is C16H16N2O3. The summed E-state index contributed by atoms with van der Waals surface area (Å²) in [5.41, 5.74) is 3.24. The molecule has 1 aliphatic rings. The number of rotatable bonds is 2. The molecule has 3 rings (SSSR count). The SMILES string of the molecule is CC1=C(CNC(=O)n2c(=O)oc3ccccc32)C=CCC1. The number of carbonyl (C=O) groups is 1. The Kier molecular flexibility index (Phi) is 3.48. The summed E-state index contributed by atoms with van der Waals surface area (Å²) < 4.78 is 6.08. The average molecular weight is 284 g/mol. The summed E-state index contributed by atoms with van der Waals surface area (Å²) in [7, 11) is 0. The Morgan fingerprint density at radius 2 is 2.19 bits per heavy atom. The molecule has 0 fully saturated rings. The minimum Gasteiger partial charge on any atom is -0.407 e. The maximum Gasteiger partial charge on any atom is 0.428 e. The van der Waals surface area contributed by atoms with Crippen LogP contribution in [0.25, 0.3) is 11.1 Å². The van der Waals surface area contributed by atoms with Crippen LogP contribution >= 0.6 is 0 Å². The van der Waals surface area contributed by atoms with E-state index in [4.69, 9.17) is 4.42 Å². The Morgan fingerprint density at radius 1 is 1.38 bits per heavy atom. The molecule has 1 aromatic heterocycles. The summed E-state index contributed by atoms with van der Waals surface area (Å²) in [5.74, 6) is -0.668. The van der Waals surface area contributed by atoms with Gasteiger partial charge in [0.15, 0.2) is 5.58 Å². The van der Waals surface area contributed by atoms with Gasteiger partial charge in [0, 0.05) is 6.54 Å². The van der Waals surface area contributed by atoms with Crippen LogP contribution in [0.4, 0.5) is 4.79 Å². The van der Waals surface area contributed by atoms with Crippen molar-refractivity contribution in [3.8, 4) is 0 Å². The molecule has 1 N–H and O–H groups in total. The van der Waals surface area contributed by atoms with E-state index in [1.54, 1.807) is 24.3 Å². The number of carbonyl (C=O) groups excluding carboxylic acids is 1. The highest BCUT2D eigenvalue weighted by Gasteiger charge is 2.15. The van der Waals surface area contributed by atoms with E-state index in [1.807, 2.05) is 6.08 Å². The fraction of sp³-hybridized carbons (Fsp3) is 0.250. The molecule has 0 aliphatic heterocycles. The largest absolute Gasteiger partial charge is 0.428 e. The average Bonchev–Trinajstić information content (AvgIpc) is 2.82. The Balaban J connectivity index is 1.83. The second-order valence-corrected chi connectivity index (χ2v) is 5.08. The number of fused-ring (bicyclic) bond motifs is 1. The number of nitrogens with zero attached hydrogens (tertiary/aromatic N) is 1. The molecule has 5 nitrogen and oxygen atoms in total. The van der Waals surface area contributed by atoms with Gasteiger partial charge < -0.3 is 9.73 Å². The lowest BCUT2D eigenvalue weighted by molar-refractivity contribution is 0.242. The van der Waals surface area contributed by atoms with Gasteiger partial charge in [0.05, 0.1) is 5.52 Å². The van der Waals surface area contributed by atoms with Crippen molar-refractivity contribution in [3.63, 3.8) is 0 Å². The summed E-state index contributed by atoms with van der Waals surface area (Å²) in [6.07, 6.45) is 6.16. The molecule has 0 unspecified atom stereocenters. The quantitative estimate of drug-likeness (QED) is 0.922. The number of nitrogens with one attached hydrogen (secondary N) is 1. The van der Waals surface area contributed by atoms with Crippen LogP contribution in [0.15, 0.2) is 56.8 Å². The predicted octanol–water partition coefficient (Wildman–Crippen LogP) is 2.82. The standard InChI is InChI=1S/C16H16N2O3/c1-11-6-2-3-7-12(11)10-17-15(19)18-13-8-4-5-9-14(13)21-16(18)20/h3-5,7-9H,2,6,10H2,1H3,(H,17,19). The van der Waals surface area contributed by atoms with E-state index in [-0.39, 0.29) is 0 Å². The van der Waals surface area contributed by atoms with Gasteiger partial charge in [-0.1, -0.05) is 29.9 Å². The second kappa shape index (κ2) is 5.44. The highest BCUT2D eigenvalue weighted by molar-refractivity contribution is 5.88. The molecule has 0 saturated carbocycles. The fourth-order valence-electron chi connectivity index (χ4n) is 2.45. The van der Waals surface area contributed by atoms with E-state index in [9.17, 15) is 9.59 Å². The van der Waals surface area contributed by atoms with Gasteiger partial charge in [0.2, 0.25) is 0 Å². The van der Waals surface area contributed by atoms with E-state index in [0.717, 1.165) is 23.0 Å². The first-order valence-corrected chi connectivity index (χ1v) is 6.91. The molecule has 0 atom stereocenters. The number of oxazole rings is 1. The molecule has 21 heavy (non-hydrogen) atoms. The van der Waals surface area contributed by atoms with Crippen molar-refractivity contribution >= 4 is 17.1 Å². The molecule has 1 heterocycles. The molecule has 0 bridgehead atoms. The molecule has 0 spiro atoms. The van der Waals surface area contributed by atoms with Crippen molar-refractivity contribution in [2.75, 3.05) is 6.54 Å². The summed E-state index contributed by atoms with van der Waals surface area (Å²) in [6.45, 7) is 2.47. The third kappa shape index (κ3) is 2.54. The Hall–Kier alpha value is -2.56. The molecule has 0 radical (unpaired) electrons. The Morgan fingerprint density at radius 3 is 3.00 bits per heavy atom. The number of allylic oxidation sites excluding steroid dienone is 2. The molecule has 0 saturated heterocycles. The monoisotopic (exact) mass is 284 g/mol. The zero-order chi connectivity index (χ0) is 14.8. The maximum atomic E-state index is 12.2. The number of aromatic nitrogens is 1. The zero-order valence-electron chi connectivity index (χ0n) is 11.8. The number of hydrogen-bond donors (Lipinski definition) is 1. The van der Waals surface area contributed by atoms with Crippen LogP contribution in [0, 0.1) is 0 Å². The highest BCUT2D eigenvalue weighted by Crippen LogP contribution is 2.17. The summed E-state index contributed by atoms with van der Waals surface area (Å²) in [6, 6.07) is 6.40. The molecule has 5 heteroatoms. The lowest BCUT2D eigenvalue weighted by atomic mass is 9.99. The van der Waals surface area contributed by atoms with Crippen molar-refractivity contribution in [1.82, 2.24) is 9.88 Å². The van der Waals surface area contributed by atoms with Crippen LogP contribution < -0.4 is 11.1 Å². The summed E-state index contributed by atoms with van der Waals surface area (Å²) in [5, 5.41) is 2.77. The van der Waals surface area contributed by atoms with Crippen molar-refractivity contribution in [2.24, 2.45) is 0 Å². The van der Waals surface area contributed by atoms with Crippen LogP contribution in [0.1, 0.15) is 19.8 Å². The molecule has 1 aliphatic carbocycles. The molecular weight excluding hydrogens is 268 g/mol. The lowest BCUT2D eigenvalue weighted by Crippen LogP contribution is -2.35. The summed E-state index contributed by atoms with van der Waals surface area (Å²) in [4.78, 5) is 24.0. The van der Waals surface area contributed by atoms with Crippen molar-refractivity contribution < 1.29 is 9.21 Å². The third-order valence-electron chi connectivity index (χ3n) is 3.67. The molecule has 108 valence electrons. The zero-order valence-corrected chi connectivity index (χ0v) is 11.8. The van der Waals surface area contributed by atoms with Gasteiger partial charge in [-0.3, -0.25) is 0 Å². The lowest BCUT2D eigenvalue weighted by Gasteiger charge is -2.13. The van der Waals surface area contributed by atoms with Crippen LogP contribution in [0.5, 0.6) is 0 Å². The van der Waals surface area contributed by atoms with Gasteiger partial charge in [0.25, 0.3) is 0 Å². The van der Waals surface area contributed by atoms with Crippen LogP contribution in [-0.4, -0.2) is 17.1 Å². The van der Waals surface area contributed by atoms with Crippen molar-refractivity contribution in [1.29, 1.82) is 0 Å². The number of hydrogen-bond acceptors (Lipinski definition) is 3. The van der Waals surface area contributed by atoms with Crippen LogP contribution in [0.2, 0.25) is 0 Å². The van der Waals surface area contributed by atoms with Crippen molar-refractivity contribution in [3.05, 3.63) is 58.1 Å². The minimum absolute atomic E-state index is 0.408. The topological polar surface area (TPSA) is 64.2 Å². The molecule has 1 amide bonds. The second-order valence-electron chi connectivity index (χ2n) is 5.08. The normalized spacial score (nSPS) is 14.7. The number of benzene rings is 1. The fourth-order valence-corrected chi connectivity index (χ4v) is 2.45. The third-order valence-corrected chi connectivity index (χ3v) is 3.67. The number of amides is 1. The first kappa shape index (κ1) is 13.4. The first-order valence-electron chi connectivity index (χ1n) is 6.91. The van der Waals surface area contributed by atoms with E-state index < -0.39 is 11.8 Å². The van der Waals surface area contributed by atoms with Crippen LogP contribution in [0.3, 0.4) is 0 Å². The van der Waals surface area contributed by atoms with Gasteiger partial charge in [-0.25, -0.2) is 9.59 Å². The molecule has 2 aromatic rings. The predicted molar refractivity (Wildman–Crippen MR) is 80.3 cm³/mol. The van der Waals surface area contributed by atoms with Gasteiger partial charge in [-0.2, -0.15) is 4.57 Å². The Bertz CT molecular complexity index is 808. The molecule has 1 aromatic carbocycles. The Labute approximate surface area is 121 Å². The van der Waals surface area contributed by atoms with E-state index in [0.29, 0.717) is 17.6 Å². The van der Waals surface area contributed by atoms with E-state index >= 15 is 0 Å². The van der Waals surface area contributed by atoms with Gasteiger partial charge in [-0.05, 0) is 37.5 Å². The van der Waals surface area contributed by atoms with E-state index in [2.05, 4.69) is 18.3 Å². The van der Waals surface area contributed by atoms with Gasteiger partial charge >= 0.3 is 11.8 Å². The van der Waals surface area contributed by atoms with Gasteiger partial charge in [0.1, 0.15) is 0 Å². The minimum atomic E-state index is -0.668. The number of para-hydroxylation sites is 2. The van der Waals surface area contributed by atoms with E-state index in [1.165, 1.54) is 5.57 Å².